The summed E-state index contributed by atoms with van der Waals surface area (Å²) in [6.07, 6.45) is 1.88. The molecule has 0 unspecified atom stereocenters. The van der Waals surface area contributed by atoms with Gasteiger partial charge in [-0.2, -0.15) is 0 Å². The summed E-state index contributed by atoms with van der Waals surface area (Å²) in [4.78, 5) is 17.4. The molecule has 144 valence electrons. The van der Waals surface area contributed by atoms with Crippen molar-refractivity contribution < 1.29 is 4.79 Å². The molecule has 4 rings (SSSR count). The molecular weight excluding hydrogens is 438 g/mol. The van der Waals surface area contributed by atoms with Crippen molar-refractivity contribution in [2.45, 2.75) is 16.7 Å². The Morgan fingerprint density at radius 3 is 2.31 bits per heavy atom. The predicted molar refractivity (Wildman–Crippen MR) is 129 cm³/mol. The number of nitrogens with zero attached hydrogens (tertiary/aromatic N) is 1. The molecule has 1 saturated heterocycles. The van der Waals surface area contributed by atoms with Crippen LogP contribution in [0.3, 0.4) is 0 Å². The Labute approximate surface area is 189 Å². The largest absolute Gasteiger partial charge is 0.270 e. The zero-order chi connectivity index (χ0) is 20.4. The molecule has 2 nitrogen and oxygen atoms in total. The van der Waals surface area contributed by atoms with E-state index in [-0.39, 0.29) is 5.91 Å². The van der Waals surface area contributed by atoms with Gasteiger partial charge >= 0.3 is 0 Å². The number of aryl methyl sites for hydroxylation is 1. The number of rotatable bonds is 4. The number of amides is 1. The van der Waals surface area contributed by atoms with E-state index in [0.29, 0.717) is 19.9 Å². The molecule has 1 heterocycles. The molecule has 0 saturated carbocycles. The molecule has 0 radical (unpaired) electrons. The van der Waals surface area contributed by atoms with Crippen LogP contribution in [-0.2, 0) is 4.79 Å². The van der Waals surface area contributed by atoms with Gasteiger partial charge in [-0.1, -0.05) is 83.2 Å². The molecule has 0 spiro atoms. The van der Waals surface area contributed by atoms with Crippen LogP contribution in [0.5, 0.6) is 0 Å². The lowest BCUT2D eigenvalue weighted by atomic mass is 10.2. The maximum absolute atomic E-state index is 12.9. The van der Waals surface area contributed by atoms with E-state index in [4.69, 9.17) is 23.8 Å². The van der Waals surface area contributed by atoms with E-state index in [2.05, 4.69) is 43.3 Å². The maximum atomic E-state index is 12.9. The summed E-state index contributed by atoms with van der Waals surface area (Å²) in [5.74, 6) is -0.125. The lowest BCUT2D eigenvalue weighted by Gasteiger charge is -2.14. The monoisotopic (exact) mass is 453 g/mol. The van der Waals surface area contributed by atoms with E-state index in [0.717, 1.165) is 10.5 Å². The normalized spacial score (nSPS) is 15.4. The van der Waals surface area contributed by atoms with Gasteiger partial charge in [-0.3, -0.25) is 9.69 Å². The number of anilines is 1. The molecule has 29 heavy (non-hydrogen) atoms. The van der Waals surface area contributed by atoms with E-state index in [1.807, 2.05) is 30.3 Å². The van der Waals surface area contributed by atoms with Crippen LogP contribution < -0.4 is 4.90 Å². The fraction of sp³-hybridized carbons (Fsp3) is 0.0435. The first-order valence-corrected chi connectivity index (χ1v) is 11.3. The molecule has 1 amide bonds. The van der Waals surface area contributed by atoms with Crippen molar-refractivity contribution in [2.75, 3.05) is 4.90 Å². The summed E-state index contributed by atoms with van der Waals surface area (Å²) in [5.41, 5.74) is 2.90. The Balaban J connectivity index is 1.51. The van der Waals surface area contributed by atoms with Crippen molar-refractivity contribution >= 4 is 69.3 Å². The molecule has 1 aliphatic heterocycles. The van der Waals surface area contributed by atoms with Crippen molar-refractivity contribution in [3.05, 3.63) is 93.9 Å². The number of thioether (sulfide) groups is 1. The van der Waals surface area contributed by atoms with Crippen LogP contribution in [0.2, 0.25) is 5.02 Å². The number of halogens is 1. The highest BCUT2D eigenvalue weighted by atomic mass is 35.5. The van der Waals surface area contributed by atoms with Gasteiger partial charge in [0.25, 0.3) is 5.91 Å². The van der Waals surface area contributed by atoms with Gasteiger partial charge in [0.1, 0.15) is 0 Å². The number of hydrogen-bond acceptors (Lipinski definition) is 4. The fourth-order valence-electron chi connectivity index (χ4n) is 2.83. The maximum Gasteiger partial charge on any atom is 0.270 e. The summed E-state index contributed by atoms with van der Waals surface area (Å²) in [7, 11) is 0. The van der Waals surface area contributed by atoms with Gasteiger partial charge in [0.05, 0.1) is 10.6 Å². The molecule has 3 aromatic carbocycles. The third kappa shape index (κ3) is 4.75. The second-order valence-electron chi connectivity index (χ2n) is 6.48. The van der Waals surface area contributed by atoms with Crippen LogP contribution in [-0.4, -0.2) is 10.2 Å². The van der Waals surface area contributed by atoms with E-state index in [9.17, 15) is 4.79 Å². The van der Waals surface area contributed by atoms with Crippen molar-refractivity contribution in [3.63, 3.8) is 0 Å². The Hall–Kier alpha value is -2.05. The summed E-state index contributed by atoms with van der Waals surface area (Å²) in [6.45, 7) is 2.08. The smallest absolute Gasteiger partial charge is 0.268 e. The number of hydrogen-bond donors (Lipinski definition) is 0. The second kappa shape index (κ2) is 8.76. The summed E-state index contributed by atoms with van der Waals surface area (Å²) < 4.78 is 0.509. The molecule has 1 fully saturated rings. The zero-order valence-electron chi connectivity index (χ0n) is 15.5. The van der Waals surface area contributed by atoms with Crippen molar-refractivity contribution in [2.24, 2.45) is 0 Å². The molecule has 0 atom stereocenters. The quantitative estimate of drug-likeness (QED) is 0.307. The summed E-state index contributed by atoms with van der Waals surface area (Å²) >= 11 is 14.5. The molecule has 0 aromatic heterocycles. The predicted octanol–water partition coefficient (Wildman–Crippen LogP) is 7.21. The molecule has 3 aromatic rings. The third-order valence-corrected chi connectivity index (χ3v) is 6.85. The lowest BCUT2D eigenvalue weighted by Crippen LogP contribution is -2.27. The minimum absolute atomic E-state index is 0.125. The van der Waals surface area contributed by atoms with Gasteiger partial charge < -0.3 is 0 Å². The van der Waals surface area contributed by atoms with E-state index >= 15 is 0 Å². The third-order valence-electron chi connectivity index (χ3n) is 4.29. The first-order valence-electron chi connectivity index (χ1n) is 8.88. The van der Waals surface area contributed by atoms with Crippen molar-refractivity contribution in [1.82, 2.24) is 0 Å². The SMILES string of the molecule is Cc1ccc(Sc2ccc(/C=C3/SC(=S)N(c4cccc(Cl)c4)C3=O)cc2)cc1. The van der Waals surface area contributed by atoms with Crippen LogP contribution in [0.15, 0.2) is 87.5 Å². The minimum Gasteiger partial charge on any atom is -0.268 e. The van der Waals surface area contributed by atoms with Crippen molar-refractivity contribution in [3.8, 4) is 0 Å². The van der Waals surface area contributed by atoms with Crippen molar-refractivity contribution in [1.29, 1.82) is 0 Å². The Morgan fingerprint density at radius 1 is 1.00 bits per heavy atom. The standard InChI is InChI=1S/C23H16ClNOS3/c1-15-5-9-19(10-6-15)28-20-11-7-16(8-12-20)13-21-22(26)25(23(27)29-21)18-4-2-3-17(24)14-18/h2-14H,1H3/b21-13+. The Morgan fingerprint density at radius 2 is 1.66 bits per heavy atom. The van der Waals surface area contributed by atoms with Gasteiger partial charge in [0.2, 0.25) is 0 Å². The first kappa shape index (κ1) is 20.2. The van der Waals surface area contributed by atoms with E-state index in [1.54, 1.807) is 23.9 Å². The van der Waals surface area contributed by atoms with Gasteiger partial charge in [-0.25, -0.2) is 0 Å². The van der Waals surface area contributed by atoms with Crippen LogP contribution in [0.25, 0.3) is 6.08 Å². The number of benzene rings is 3. The minimum atomic E-state index is -0.125. The van der Waals surface area contributed by atoms with Gasteiger partial charge in [0.15, 0.2) is 4.32 Å². The van der Waals surface area contributed by atoms with Crippen LogP contribution >= 0.6 is 47.3 Å². The summed E-state index contributed by atoms with van der Waals surface area (Å²) in [6, 6.07) is 23.8. The fourth-order valence-corrected chi connectivity index (χ4v) is 5.13. The molecular formula is C23H16ClNOS3. The molecule has 0 aliphatic carbocycles. The molecule has 6 heteroatoms. The lowest BCUT2D eigenvalue weighted by molar-refractivity contribution is -0.113. The van der Waals surface area contributed by atoms with Crippen LogP contribution in [0, 0.1) is 6.92 Å². The average molecular weight is 454 g/mol. The zero-order valence-corrected chi connectivity index (χ0v) is 18.7. The van der Waals surface area contributed by atoms with Gasteiger partial charge in [0, 0.05) is 14.8 Å². The molecule has 0 N–H and O–H groups in total. The van der Waals surface area contributed by atoms with E-state index < -0.39 is 0 Å². The highest BCUT2D eigenvalue weighted by Crippen LogP contribution is 2.37. The number of thiocarbonyl (C=S) groups is 1. The number of carbonyl (C=O) groups is 1. The Kier molecular flexibility index (Phi) is 6.11. The van der Waals surface area contributed by atoms with Crippen LogP contribution in [0.1, 0.15) is 11.1 Å². The Bertz CT molecular complexity index is 1110. The van der Waals surface area contributed by atoms with Crippen LogP contribution in [0.4, 0.5) is 5.69 Å². The van der Waals surface area contributed by atoms with Gasteiger partial charge in [-0.05, 0) is 61.0 Å². The summed E-state index contributed by atoms with van der Waals surface area (Å²) in [5, 5.41) is 0.571. The number of carbonyl (C=O) groups excluding carboxylic acids is 1. The first-order chi connectivity index (χ1) is 14.0. The van der Waals surface area contributed by atoms with Gasteiger partial charge in [-0.15, -0.1) is 0 Å². The highest BCUT2D eigenvalue weighted by molar-refractivity contribution is 8.27. The molecule has 0 bridgehead atoms. The highest BCUT2D eigenvalue weighted by Gasteiger charge is 2.33. The topological polar surface area (TPSA) is 20.3 Å². The van der Waals surface area contributed by atoms with E-state index in [1.165, 1.54) is 27.1 Å². The molecule has 1 aliphatic rings. The average Bonchev–Trinajstić information content (AvgIpc) is 2.98. The second-order valence-corrected chi connectivity index (χ2v) is 9.74.